The SMILES string of the molecule is Cc1cccc(NC(=O)c2cc(Cl)ccc2NS(C)(=O)=O)c1. The van der Waals surface area contributed by atoms with Crippen LogP contribution in [0.3, 0.4) is 0 Å². The lowest BCUT2D eigenvalue weighted by Crippen LogP contribution is -2.17. The van der Waals surface area contributed by atoms with Crippen LogP contribution in [0, 0.1) is 6.92 Å². The number of anilines is 2. The number of halogens is 1. The molecule has 0 unspecified atom stereocenters. The molecule has 2 rings (SSSR count). The molecule has 0 fully saturated rings. The fourth-order valence-electron chi connectivity index (χ4n) is 1.91. The van der Waals surface area contributed by atoms with E-state index in [1.54, 1.807) is 6.07 Å². The molecular formula is C15H15ClN2O3S. The van der Waals surface area contributed by atoms with Crippen LogP contribution in [0.15, 0.2) is 42.5 Å². The van der Waals surface area contributed by atoms with Crippen molar-refractivity contribution in [1.29, 1.82) is 0 Å². The van der Waals surface area contributed by atoms with Gasteiger partial charge in [-0.25, -0.2) is 8.42 Å². The van der Waals surface area contributed by atoms with E-state index in [1.165, 1.54) is 18.2 Å². The van der Waals surface area contributed by atoms with Crippen molar-refractivity contribution in [1.82, 2.24) is 0 Å². The molecule has 0 aliphatic carbocycles. The molecule has 0 radical (unpaired) electrons. The number of carbonyl (C=O) groups excluding carboxylic acids is 1. The van der Waals surface area contributed by atoms with Gasteiger partial charge < -0.3 is 5.32 Å². The molecular weight excluding hydrogens is 324 g/mol. The van der Waals surface area contributed by atoms with Gasteiger partial charge in [0.25, 0.3) is 5.91 Å². The third-order valence-corrected chi connectivity index (χ3v) is 3.62. The number of rotatable bonds is 4. The van der Waals surface area contributed by atoms with Gasteiger partial charge in [-0.05, 0) is 42.8 Å². The minimum atomic E-state index is -3.50. The largest absolute Gasteiger partial charge is 0.322 e. The Morgan fingerprint density at radius 2 is 1.86 bits per heavy atom. The maximum Gasteiger partial charge on any atom is 0.257 e. The highest BCUT2D eigenvalue weighted by molar-refractivity contribution is 7.92. The van der Waals surface area contributed by atoms with Crippen molar-refractivity contribution < 1.29 is 13.2 Å². The van der Waals surface area contributed by atoms with Crippen LogP contribution in [0.5, 0.6) is 0 Å². The summed E-state index contributed by atoms with van der Waals surface area (Å²) in [6.45, 7) is 1.91. The number of amides is 1. The molecule has 0 atom stereocenters. The van der Waals surface area contributed by atoms with Crippen LogP contribution in [-0.4, -0.2) is 20.6 Å². The van der Waals surface area contributed by atoms with Crippen molar-refractivity contribution in [2.24, 2.45) is 0 Å². The Morgan fingerprint density at radius 1 is 1.14 bits per heavy atom. The topological polar surface area (TPSA) is 75.3 Å². The fraction of sp³-hybridized carbons (Fsp3) is 0.133. The van der Waals surface area contributed by atoms with E-state index in [2.05, 4.69) is 10.0 Å². The molecule has 2 aromatic carbocycles. The zero-order chi connectivity index (χ0) is 16.3. The van der Waals surface area contributed by atoms with E-state index in [1.807, 2.05) is 25.1 Å². The van der Waals surface area contributed by atoms with Gasteiger partial charge >= 0.3 is 0 Å². The molecule has 7 heteroatoms. The summed E-state index contributed by atoms with van der Waals surface area (Å²) in [5, 5.41) is 3.06. The maximum absolute atomic E-state index is 12.4. The van der Waals surface area contributed by atoms with Crippen LogP contribution in [0.25, 0.3) is 0 Å². The predicted molar refractivity (Wildman–Crippen MR) is 89.1 cm³/mol. The Hall–Kier alpha value is -2.05. The fourth-order valence-corrected chi connectivity index (χ4v) is 2.66. The van der Waals surface area contributed by atoms with Crippen LogP contribution < -0.4 is 10.0 Å². The van der Waals surface area contributed by atoms with Gasteiger partial charge in [0.15, 0.2) is 0 Å². The third kappa shape index (κ3) is 4.47. The summed E-state index contributed by atoms with van der Waals surface area (Å²) in [5.74, 6) is -0.445. The second-order valence-corrected chi connectivity index (χ2v) is 7.07. The van der Waals surface area contributed by atoms with Crippen LogP contribution in [-0.2, 0) is 10.0 Å². The number of hydrogen-bond donors (Lipinski definition) is 2. The molecule has 0 aromatic heterocycles. The Morgan fingerprint density at radius 3 is 2.50 bits per heavy atom. The molecule has 116 valence electrons. The first kappa shape index (κ1) is 16.3. The molecule has 0 spiro atoms. The Labute approximate surface area is 134 Å². The molecule has 2 N–H and O–H groups in total. The van der Waals surface area contributed by atoms with E-state index in [4.69, 9.17) is 11.6 Å². The van der Waals surface area contributed by atoms with Gasteiger partial charge in [0, 0.05) is 10.7 Å². The van der Waals surface area contributed by atoms with E-state index in [-0.39, 0.29) is 11.3 Å². The summed E-state index contributed by atoms with van der Waals surface area (Å²) in [6, 6.07) is 11.7. The molecule has 22 heavy (non-hydrogen) atoms. The maximum atomic E-state index is 12.4. The number of hydrogen-bond acceptors (Lipinski definition) is 3. The standard InChI is InChI=1S/C15H15ClN2O3S/c1-10-4-3-5-12(8-10)17-15(19)13-9-11(16)6-7-14(13)18-22(2,20)21/h3-9,18H,1-2H3,(H,17,19). The molecule has 1 amide bonds. The molecule has 0 saturated carbocycles. The summed E-state index contributed by atoms with van der Waals surface area (Å²) in [7, 11) is -3.50. The summed E-state index contributed by atoms with van der Waals surface area (Å²) < 4.78 is 25.1. The van der Waals surface area contributed by atoms with Gasteiger partial charge in [-0.15, -0.1) is 0 Å². The molecule has 0 bridgehead atoms. The van der Waals surface area contributed by atoms with Crippen molar-refractivity contribution in [2.45, 2.75) is 6.92 Å². The van der Waals surface area contributed by atoms with Gasteiger partial charge in [0.1, 0.15) is 0 Å². The third-order valence-electron chi connectivity index (χ3n) is 2.80. The molecule has 0 aliphatic rings. The Bertz CT molecular complexity index is 819. The quantitative estimate of drug-likeness (QED) is 0.898. The van der Waals surface area contributed by atoms with E-state index >= 15 is 0 Å². The van der Waals surface area contributed by atoms with E-state index in [0.717, 1.165) is 11.8 Å². The zero-order valence-corrected chi connectivity index (χ0v) is 13.6. The van der Waals surface area contributed by atoms with Crippen LogP contribution in [0.2, 0.25) is 5.02 Å². The molecule has 0 heterocycles. The predicted octanol–water partition coefficient (Wildman–Crippen LogP) is 3.27. The van der Waals surface area contributed by atoms with E-state index in [9.17, 15) is 13.2 Å². The first-order valence-corrected chi connectivity index (χ1v) is 8.67. The number of benzene rings is 2. The van der Waals surface area contributed by atoms with Crippen molar-refractivity contribution in [3.05, 3.63) is 58.6 Å². The van der Waals surface area contributed by atoms with Crippen LogP contribution in [0.1, 0.15) is 15.9 Å². The highest BCUT2D eigenvalue weighted by Crippen LogP contribution is 2.23. The van der Waals surface area contributed by atoms with E-state index < -0.39 is 15.9 Å². The second kappa shape index (κ2) is 6.37. The minimum absolute atomic E-state index is 0.152. The smallest absolute Gasteiger partial charge is 0.257 e. The van der Waals surface area contributed by atoms with E-state index in [0.29, 0.717) is 10.7 Å². The minimum Gasteiger partial charge on any atom is -0.322 e. The average molecular weight is 339 g/mol. The van der Waals surface area contributed by atoms with Crippen molar-refractivity contribution >= 4 is 38.9 Å². The summed E-state index contributed by atoms with van der Waals surface area (Å²) in [6.07, 6.45) is 1.02. The van der Waals surface area contributed by atoms with Gasteiger partial charge in [-0.2, -0.15) is 0 Å². The number of nitrogens with one attached hydrogen (secondary N) is 2. The van der Waals surface area contributed by atoms with Gasteiger partial charge in [-0.3, -0.25) is 9.52 Å². The molecule has 0 saturated heterocycles. The lowest BCUT2D eigenvalue weighted by Gasteiger charge is -2.12. The number of sulfonamides is 1. The molecule has 2 aromatic rings. The molecule has 5 nitrogen and oxygen atoms in total. The summed E-state index contributed by atoms with van der Waals surface area (Å²) in [5.41, 5.74) is 1.95. The summed E-state index contributed by atoms with van der Waals surface area (Å²) >= 11 is 5.90. The highest BCUT2D eigenvalue weighted by Gasteiger charge is 2.15. The van der Waals surface area contributed by atoms with Crippen molar-refractivity contribution in [3.63, 3.8) is 0 Å². The van der Waals surface area contributed by atoms with Gasteiger partial charge in [0.05, 0.1) is 17.5 Å². The first-order valence-electron chi connectivity index (χ1n) is 6.40. The second-order valence-electron chi connectivity index (χ2n) is 4.89. The molecule has 0 aliphatic heterocycles. The number of aryl methyl sites for hydroxylation is 1. The Balaban J connectivity index is 2.34. The van der Waals surface area contributed by atoms with Crippen LogP contribution >= 0.6 is 11.6 Å². The normalized spacial score (nSPS) is 11.0. The monoisotopic (exact) mass is 338 g/mol. The van der Waals surface area contributed by atoms with Gasteiger partial charge in [-0.1, -0.05) is 23.7 Å². The zero-order valence-electron chi connectivity index (χ0n) is 12.1. The van der Waals surface area contributed by atoms with Crippen molar-refractivity contribution in [2.75, 3.05) is 16.3 Å². The lowest BCUT2D eigenvalue weighted by atomic mass is 10.1. The Kier molecular flexibility index (Phi) is 4.73. The summed E-state index contributed by atoms with van der Waals surface area (Å²) in [4.78, 5) is 12.4. The lowest BCUT2D eigenvalue weighted by molar-refractivity contribution is 0.102. The first-order chi connectivity index (χ1) is 10.2. The van der Waals surface area contributed by atoms with Crippen LogP contribution in [0.4, 0.5) is 11.4 Å². The van der Waals surface area contributed by atoms with Crippen molar-refractivity contribution in [3.8, 4) is 0 Å². The average Bonchev–Trinajstić information content (AvgIpc) is 2.39. The number of carbonyl (C=O) groups is 1. The highest BCUT2D eigenvalue weighted by atomic mass is 35.5. The van der Waals surface area contributed by atoms with Gasteiger partial charge in [0.2, 0.25) is 10.0 Å².